The van der Waals surface area contributed by atoms with E-state index in [1.807, 2.05) is 0 Å². The van der Waals surface area contributed by atoms with E-state index in [9.17, 15) is 0 Å². The molecule has 2 rings (SSSR count). The van der Waals surface area contributed by atoms with Gasteiger partial charge in [-0.25, -0.2) is 0 Å². The lowest BCUT2D eigenvalue weighted by Crippen LogP contribution is -2.11. The Bertz CT molecular complexity index is 358. The number of benzene rings is 1. The highest BCUT2D eigenvalue weighted by Gasteiger charge is 2.15. The van der Waals surface area contributed by atoms with E-state index >= 15 is 0 Å². The molecule has 0 aromatic heterocycles. The van der Waals surface area contributed by atoms with Crippen LogP contribution in [0.15, 0.2) is 24.3 Å². The topological polar surface area (TPSA) is 0 Å². The molecule has 1 saturated carbocycles. The summed E-state index contributed by atoms with van der Waals surface area (Å²) in [7, 11) is 0. The third-order valence-electron chi connectivity index (χ3n) is 4.33. The molecule has 0 unspecified atom stereocenters. The normalized spacial score (nSPS) is 18.9. The zero-order valence-corrected chi connectivity index (χ0v) is 13.0. The molecule has 1 radical (unpaired) electrons. The molecule has 0 nitrogen and oxygen atoms in total. The molecule has 0 heteroatoms. The summed E-state index contributed by atoms with van der Waals surface area (Å²) < 4.78 is 0. The molecule has 1 aliphatic carbocycles. The average molecular weight is 257 g/mol. The second-order valence-corrected chi connectivity index (χ2v) is 7.14. The first kappa shape index (κ1) is 14.6. The Morgan fingerprint density at radius 2 is 1.32 bits per heavy atom. The summed E-state index contributed by atoms with van der Waals surface area (Å²) in [6.07, 6.45) is 11.1. The fourth-order valence-electron chi connectivity index (χ4n) is 2.99. The summed E-state index contributed by atoms with van der Waals surface area (Å²) in [5.74, 6) is 1.78. The van der Waals surface area contributed by atoms with Gasteiger partial charge in [0.25, 0.3) is 0 Å². The van der Waals surface area contributed by atoms with Gasteiger partial charge in [-0.1, -0.05) is 77.1 Å². The molecule has 1 aromatic carbocycles. The van der Waals surface area contributed by atoms with Crippen LogP contribution in [0.3, 0.4) is 0 Å². The molecule has 0 heterocycles. The Morgan fingerprint density at radius 1 is 0.789 bits per heavy atom. The van der Waals surface area contributed by atoms with E-state index in [1.54, 1.807) is 5.92 Å². The van der Waals surface area contributed by atoms with Gasteiger partial charge >= 0.3 is 0 Å². The Kier molecular flexibility index (Phi) is 5.07. The Hall–Kier alpha value is -0.780. The first-order valence-electron chi connectivity index (χ1n) is 7.99. The fraction of sp³-hybridized carbons (Fsp3) is 0.632. The smallest absolute Gasteiger partial charge is 0.0132 e. The van der Waals surface area contributed by atoms with Crippen LogP contribution >= 0.6 is 0 Å². The minimum atomic E-state index is 0.270. The van der Waals surface area contributed by atoms with Gasteiger partial charge < -0.3 is 0 Å². The van der Waals surface area contributed by atoms with Crippen LogP contribution in [0.2, 0.25) is 0 Å². The van der Waals surface area contributed by atoms with Crippen molar-refractivity contribution in [3.63, 3.8) is 0 Å². The fourth-order valence-corrected chi connectivity index (χ4v) is 2.99. The summed E-state index contributed by atoms with van der Waals surface area (Å²) in [5.41, 5.74) is 3.22. The zero-order valence-electron chi connectivity index (χ0n) is 13.0. The molecule has 1 fully saturated rings. The van der Waals surface area contributed by atoms with Gasteiger partial charge in [0, 0.05) is 0 Å². The van der Waals surface area contributed by atoms with Crippen LogP contribution in [0.1, 0.15) is 76.8 Å². The third-order valence-corrected chi connectivity index (χ3v) is 4.33. The van der Waals surface area contributed by atoms with E-state index in [0.717, 1.165) is 0 Å². The monoisotopic (exact) mass is 257 g/mol. The third kappa shape index (κ3) is 4.67. The van der Waals surface area contributed by atoms with Crippen molar-refractivity contribution in [2.45, 2.75) is 77.6 Å². The highest BCUT2D eigenvalue weighted by atomic mass is 14.2. The summed E-state index contributed by atoms with van der Waals surface area (Å²) >= 11 is 0. The van der Waals surface area contributed by atoms with Gasteiger partial charge in [-0.15, -0.1) is 0 Å². The molecular formula is C19H29. The predicted octanol–water partition coefficient (Wildman–Crippen LogP) is 5.85. The van der Waals surface area contributed by atoms with Crippen molar-refractivity contribution < 1.29 is 0 Å². The molecular weight excluding hydrogens is 228 g/mol. The SMILES string of the molecule is CC(C)(C)c1ccc(C[C]2CCCCCCC2)cc1. The molecule has 105 valence electrons. The molecule has 0 spiro atoms. The van der Waals surface area contributed by atoms with Crippen molar-refractivity contribution in [3.05, 3.63) is 41.3 Å². The second kappa shape index (κ2) is 6.59. The van der Waals surface area contributed by atoms with Crippen molar-refractivity contribution in [1.82, 2.24) is 0 Å². The van der Waals surface area contributed by atoms with Crippen LogP contribution in [0.5, 0.6) is 0 Å². The molecule has 19 heavy (non-hydrogen) atoms. The number of hydrogen-bond donors (Lipinski definition) is 0. The van der Waals surface area contributed by atoms with E-state index in [0.29, 0.717) is 0 Å². The van der Waals surface area contributed by atoms with Crippen molar-refractivity contribution in [2.75, 3.05) is 0 Å². The summed E-state index contributed by atoms with van der Waals surface area (Å²) in [6.45, 7) is 6.85. The zero-order chi connectivity index (χ0) is 13.7. The largest absolute Gasteiger partial charge is 0.0587 e. The van der Waals surface area contributed by atoms with Gasteiger partial charge in [-0.05, 0) is 41.7 Å². The maximum Gasteiger partial charge on any atom is -0.0132 e. The van der Waals surface area contributed by atoms with Crippen molar-refractivity contribution in [3.8, 4) is 0 Å². The highest BCUT2D eigenvalue weighted by Crippen LogP contribution is 2.28. The lowest BCUT2D eigenvalue weighted by molar-refractivity contribution is 0.516. The predicted molar refractivity (Wildman–Crippen MR) is 84.4 cm³/mol. The average Bonchev–Trinajstić information content (AvgIpc) is 2.32. The molecule has 1 aliphatic rings. The van der Waals surface area contributed by atoms with E-state index < -0.39 is 0 Å². The van der Waals surface area contributed by atoms with E-state index in [4.69, 9.17) is 0 Å². The van der Waals surface area contributed by atoms with Crippen LogP contribution in [0, 0.1) is 5.92 Å². The van der Waals surface area contributed by atoms with Gasteiger partial charge in [0.05, 0.1) is 0 Å². The van der Waals surface area contributed by atoms with Crippen LogP contribution in [-0.2, 0) is 11.8 Å². The van der Waals surface area contributed by atoms with Crippen molar-refractivity contribution in [2.24, 2.45) is 0 Å². The van der Waals surface area contributed by atoms with Gasteiger partial charge in [0.15, 0.2) is 0 Å². The second-order valence-electron chi connectivity index (χ2n) is 7.14. The Balaban J connectivity index is 1.94. The lowest BCUT2D eigenvalue weighted by Gasteiger charge is -2.21. The van der Waals surface area contributed by atoms with Crippen molar-refractivity contribution in [1.29, 1.82) is 0 Å². The van der Waals surface area contributed by atoms with E-state index in [-0.39, 0.29) is 5.41 Å². The molecule has 0 amide bonds. The number of rotatable bonds is 2. The first-order chi connectivity index (χ1) is 9.05. The lowest BCUT2D eigenvalue weighted by atomic mass is 9.84. The molecule has 0 atom stereocenters. The van der Waals surface area contributed by atoms with E-state index in [2.05, 4.69) is 45.0 Å². The molecule has 0 bridgehead atoms. The van der Waals surface area contributed by atoms with E-state index in [1.165, 1.54) is 62.5 Å². The summed E-state index contributed by atoms with van der Waals surface area (Å²) in [5, 5.41) is 0. The standard InChI is InChI=1S/C19H29/c1-19(2,3)18-13-11-17(12-14-18)15-16-9-7-5-4-6-8-10-16/h11-14H,4-10,15H2,1-3H3. The van der Waals surface area contributed by atoms with Crippen molar-refractivity contribution >= 4 is 0 Å². The molecule has 1 aromatic rings. The van der Waals surface area contributed by atoms with Gasteiger partial charge in [-0.2, -0.15) is 0 Å². The quantitative estimate of drug-likeness (QED) is 0.624. The highest BCUT2D eigenvalue weighted by molar-refractivity contribution is 5.29. The first-order valence-corrected chi connectivity index (χ1v) is 7.99. The van der Waals surface area contributed by atoms with Crippen LogP contribution in [-0.4, -0.2) is 0 Å². The molecule has 0 N–H and O–H groups in total. The Morgan fingerprint density at radius 3 is 1.84 bits per heavy atom. The number of hydrogen-bond acceptors (Lipinski definition) is 0. The molecule has 0 aliphatic heterocycles. The van der Waals surface area contributed by atoms with Gasteiger partial charge in [0.1, 0.15) is 0 Å². The summed E-state index contributed by atoms with van der Waals surface area (Å²) in [4.78, 5) is 0. The summed E-state index contributed by atoms with van der Waals surface area (Å²) in [6, 6.07) is 9.32. The van der Waals surface area contributed by atoms with Gasteiger partial charge in [0.2, 0.25) is 0 Å². The maximum absolute atomic E-state index is 2.34. The van der Waals surface area contributed by atoms with Crippen LogP contribution in [0.25, 0.3) is 0 Å². The van der Waals surface area contributed by atoms with Crippen LogP contribution in [0.4, 0.5) is 0 Å². The molecule has 0 saturated heterocycles. The maximum atomic E-state index is 2.34. The minimum Gasteiger partial charge on any atom is -0.0587 e. The van der Waals surface area contributed by atoms with Gasteiger partial charge in [-0.3, -0.25) is 0 Å². The minimum absolute atomic E-state index is 0.270. The van der Waals surface area contributed by atoms with Crippen LogP contribution < -0.4 is 0 Å². The Labute approximate surface area is 119 Å².